The Kier molecular flexibility index (Phi) is 3.98. The average Bonchev–Trinajstić information content (AvgIpc) is 2.76. The van der Waals surface area contributed by atoms with Crippen molar-refractivity contribution in [2.75, 3.05) is 0 Å². The lowest BCUT2D eigenvalue weighted by Gasteiger charge is -2.06. The molecule has 2 N–H and O–H groups in total. The fourth-order valence-corrected chi connectivity index (χ4v) is 2.49. The molecule has 1 aromatic carbocycles. The van der Waals surface area contributed by atoms with Crippen LogP contribution in [0.4, 0.5) is 0 Å². The Hall–Kier alpha value is -0.840. The standard InChI is InChI=1S/C12H12BrNOS/c13-12-4-3-10(15)6-9(12)7-14-8-11-2-1-5-16-11/h1-6,14-15H,7-8H2. The van der Waals surface area contributed by atoms with Crippen LogP contribution in [0, 0.1) is 0 Å². The lowest BCUT2D eigenvalue weighted by atomic mass is 10.2. The summed E-state index contributed by atoms with van der Waals surface area (Å²) in [5, 5.41) is 14.8. The van der Waals surface area contributed by atoms with Gasteiger partial charge in [0.25, 0.3) is 0 Å². The minimum absolute atomic E-state index is 0.302. The minimum Gasteiger partial charge on any atom is -0.508 e. The third-order valence-electron chi connectivity index (χ3n) is 2.22. The Labute approximate surface area is 107 Å². The summed E-state index contributed by atoms with van der Waals surface area (Å²) in [4.78, 5) is 1.32. The van der Waals surface area contributed by atoms with Crippen molar-refractivity contribution in [3.05, 3.63) is 50.6 Å². The number of nitrogens with one attached hydrogen (secondary N) is 1. The number of aromatic hydroxyl groups is 1. The molecule has 2 nitrogen and oxygen atoms in total. The van der Waals surface area contributed by atoms with Crippen molar-refractivity contribution in [1.82, 2.24) is 5.32 Å². The second kappa shape index (κ2) is 5.48. The SMILES string of the molecule is Oc1ccc(Br)c(CNCc2cccs2)c1. The molecular formula is C12H12BrNOS. The Morgan fingerprint density at radius 2 is 2.12 bits per heavy atom. The molecule has 1 heterocycles. The second-order valence-electron chi connectivity index (χ2n) is 3.46. The number of benzene rings is 1. The molecule has 2 aromatic rings. The van der Waals surface area contributed by atoms with E-state index in [9.17, 15) is 5.11 Å². The van der Waals surface area contributed by atoms with E-state index in [0.29, 0.717) is 5.75 Å². The molecule has 0 bridgehead atoms. The molecule has 0 saturated heterocycles. The predicted molar refractivity (Wildman–Crippen MR) is 70.7 cm³/mol. The van der Waals surface area contributed by atoms with Gasteiger partial charge in [-0.25, -0.2) is 0 Å². The molecule has 0 aliphatic rings. The van der Waals surface area contributed by atoms with Gasteiger partial charge in [0.1, 0.15) is 5.75 Å². The first-order chi connectivity index (χ1) is 7.75. The largest absolute Gasteiger partial charge is 0.508 e. The van der Waals surface area contributed by atoms with Crippen LogP contribution in [-0.2, 0) is 13.1 Å². The van der Waals surface area contributed by atoms with Crippen LogP contribution in [0.2, 0.25) is 0 Å². The number of rotatable bonds is 4. The molecule has 1 aromatic heterocycles. The van der Waals surface area contributed by atoms with Gasteiger partial charge in [0.05, 0.1) is 0 Å². The summed E-state index contributed by atoms with van der Waals surface area (Å²) < 4.78 is 1.02. The van der Waals surface area contributed by atoms with Crippen molar-refractivity contribution in [3.63, 3.8) is 0 Å². The van der Waals surface area contributed by atoms with Gasteiger partial charge in [-0.2, -0.15) is 0 Å². The molecule has 0 amide bonds. The molecule has 2 rings (SSSR count). The van der Waals surface area contributed by atoms with E-state index in [1.807, 2.05) is 12.1 Å². The van der Waals surface area contributed by atoms with Gasteiger partial charge in [0, 0.05) is 22.4 Å². The topological polar surface area (TPSA) is 32.3 Å². The molecule has 0 aliphatic carbocycles. The van der Waals surface area contributed by atoms with E-state index in [-0.39, 0.29) is 0 Å². The molecule has 0 unspecified atom stereocenters. The van der Waals surface area contributed by atoms with Crippen LogP contribution in [0.25, 0.3) is 0 Å². The zero-order valence-electron chi connectivity index (χ0n) is 8.61. The van der Waals surface area contributed by atoms with Crippen molar-refractivity contribution >= 4 is 27.3 Å². The highest BCUT2D eigenvalue weighted by Crippen LogP contribution is 2.21. The molecule has 0 atom stereocenters. The summed E-state index contributed by atoms with van der Waals surface area (Å²) in [6.07, 6.45) is 0. The van der Waals surface area contributed by atoms with Gasteiger partial charge < -0.3 is 10.4 Å². The molecule has 16 heavy (non-hydrogen) atoms. The van der Waals surface area contributed by atoms with E-state index in [2.05, 4.69) is 32.7 Å². The van der Waals surface area contributed by atoms with Crippen molar-refractivity contribution in [2.24, 2.45) is 0 Å². The number of halogens is 1. The van der Waals surface area contributed by atoms with Crippen molar-refractivity contribution in [2.45, 2.75) is 13.1 Å². The van der Waals surface area contributed by atoms with Gasteiger partial charge in [-0.05, 0) is 35.2 Å². The monoisotopic (exact) mass is 297 g/mol. The van der Waals surface area contributed by atoms with E-state index in [0.717, 1.165) is 23.1 Å². The molecule has 0 saturated carbocycles. The first-order valence-electron chi connectivity index (χ1n) is 4.96. The van der Waals surface area contributed by atoms with E-state index in [4.69, 9.17) is 0 Å². The first kappa shape index (κ1) is 11.6. The van der Waals surface area contributed by atoms with Gasteiger partial charge in [0.2, 0.25) is 0 Å². The molecule has 0 spiro atoms. The summed E-state index contributed by atoms with van der Waals surface area (Å²) >= 11 is 5.20. The fourth-order valence-electron chi connectivity index (χ4n) is 1.43. The average molecular weight is 298 g/mol. The van der Waals surface area contributed by atoms with Crippen molar-refractivity contribution in [1.29, 1.82) is 0 Å². The maximum Gasteiger partial charge on any atom is 0.115 e. The number of phenolic OH excluding ortho intramolecular Hbond substituents is 1. The zero-order chi connectivity index (χ0) is 11.4. The molecule has 0 radical (unpaired) electrons. The smallest absolute Gasteiger partial charge is 0.115 e. The van der Waals surface area contributed by atoms with E-state index < -0.39 is 0 Å². The van der Waals surface area contributed by atoms with Crippen LogP contribution in [0.5, 0.6) is 5.75 Å². The normalized spacial score (nSPS) is 10.6. The predicted octanol–water partition coefficient (Wildman–Crippen LogP) is 3.51. The number of thiophene rings is 1. The van der Waals surface area contributed by atoms with E-state index in [1.54, 1.807) is 23.5 Å². The van der Waals surface area contributed by atoms with Gasteiger partial charge in [-0.3, -0.25) is 0 Å². The quantitative estimate of drug-likeness (QED) is 0.905. The number of hydrogen-bond donors (Lipinski definition) is 2. The maximum absolute atomic E-state index is 9.37. The Morgan fingerprint density at radius 3 is 2.88 bits per heavy atom. The molecule has 0 fully saturated rings. The highest BCUT2D eigenvalue weighted by Gasteiger charge is 2.01. The van der Waals surface area contributed by atoms with Crippen LogP contribution in [-0.4, -0.2) is 5.11 Å². The third kappa shape index (κ3) is 3.07. The molecule has 4 heteroatoms. The fraction of sp³-hybridized carbons (Fsp3) is 0.167. The molecule has 0 aliphatic heterocycles. The van der Waals surface area contributed by atoms with E-state index in [1.165, 1.54) is 4.88 Å². The third-order valence-corrected chi connectivity index (χ3v) is 3.87. The summed E-state index contributed by atoms with van der Waals surface area (Å²) in [6, 6.07) is 9.46. The summed E-state index contributed by atoms with van der Waals surface area (Å²) in [5.74, 6) is 0.302. The van der Waals surface area contributed by atoms with E-state index >= 15 is 0 Å². The second-order valence-corrected chi connectivity index (χ2v) is 5.35. The Bertz CT molecular complexity index is 456. The Morgan fingerprint density at radius 1 is 1.25 bits per heavy atom. The van der Waals surface area contributed by atoms with Gasteiger partial charge in [0.15, 0.2) is 0 Å². The van der Waals surface area contributed by atoms with Crippen molar-refractivity contribution in [3.8, 4) is 5.75 Å². The van der Waals surface area contributed by atoms with Gasteiger partial charge in [-0.1, -0.05) is 22.0 Å². The van der Waals surface area contributed by atoms with Gasteiger partial charge >= 0.3 is 0 Å². The van der Waals surface area contributed by atoms with Gasteiger partial charge in [-0.15, -0.1) is 11.3 Å². The van der Waals surface area contributed by atoms with Crippen LogP contribution >= 0.6 is 27.3 Å². The van der Waals surface area contributed by atoms with Crippen LogP contribution in [0.3, 0.4) is 0 Å². The summed E-state index contributed by atoms with van der Waals surface area (Å²) in [7, 11) is 0. The lowest BCUT2D eigenvalue weighted by molar-refractivity contribution is 0.474. The molecule has 84 valence electrons. The molecular weight excluding hydrogens is 286 g/mol. The lowest BCUT2D eigenvalue weighted by Crippen LogP contribution is -2.12. The summed E-state index contributed by atoms with van der Waals surface area (Å²) in [6.45, 7) is 1.60. The highest BCUT2D eigenvalue weighted by molar-refractivity contribution is 9.10. The highest BCUT2D eigenvalue weighted by atomic mass is 79.9. The first-order valence-corrected chi connectivity index (χ1v) is 6.63. The van der Waals surface area contributed by atoms with Crippen LogP contribution < -0.4 is 5.32 Å². The van der Waals surface area contributed by atoms with Crippen LogP contribution in [0.1, 0.15) is 10.4 Å². The summed E-state index contributed by atoms with van der Waals surface area (Å²) in [5.41, 5.74) is 1.07. The zero-order valence-corrected chi connectivity index (χ0v) is 11.0. The Balaban J connectivity index is 1.92. The van der Waals surface area contributed by atoms with Crippen molar-refractivity contribution < 1.29 is 5.11 Å². The maximum atomic E-state index is 9.37. The minimum atomic E-state index is 0.302. The number of phenols is 1. The van der Waals surface area contributed by atoms with Crippen LogP contribution in [0.15, 0.2) is 40.2 Å². The number of hydrogen-bond acceptors (Lipinski definition) is 3.